The minimum absolute atomic E-state index is 0.000422. The van der Waals surface area contributed by atoms with Gasteiger partial charge in [-0.2, -0.15) is 0 Å². The van der Waals surface area contributed by atoms with Crippen molar-refractivity contribution >= 4 is 28.7 Å². The van der Waals surface area contributed by atoms with Crippen LogP contribution in [-0.2, 0) is 4.79 Å². The van der Waals surface area contributed by atoms with E-state index in [1.54, 1.807) is 7.05 Å². The van der Waals surface area contributed by atoms with Crippen LogP contribution in [0.2, 0.25) is 0 Å². The zero-order valence-electron chi connectivity index (χ0n) is 8.28. The number of hydrogen-bond acceptors (Lipinski definition) is 3. The van der Waals surface area contributed by atoms with Gasteiger partial charge in [0.2, 0.25) is 5.91 Å². The van der Waals surface area contributed by atoms with Gasteiger partial charge in [0.15, 0.2) is 5.16 Å². The summed E-state index contributed by atoms with van der Waals surface area (Å²) >= 11 is 1.40. The van der Waals surface area contributed by atoms with E-state index in [1.165, 1.54) is 11.8 Å². The van der Waals surface area contributed by atoms with Gasteiger partial charge in [-0.15, -0.1) is 0 Å². The molecular formula is C10H11N3OS. The summed E-state index contributed by atoms with van der Waals surface area (Å²) in [7, 11) is 1.63. The molecule has 1 aromatic carbocycles. The van der Waals surface area contributed by atoms with Crippen molar-refractivity contribution < 1.29 is 4.79 Å². The summed E-state index contributed by atoms with van der Waals surface area (Å²) in [4.78, 5) is 18.5. The van der Waals surface area contributed by atoms with E-state index in [2.05, 4.69) is 15.3 Å². The van der Waals surface area contributed by atoms with E-state index < -0.39 is 0 Å². The molecule has 0 fully saturated rings. The molecule has 15 heavy (non-hydrogen) atoms. The summed E-state index contributed by atoms with van der Waals surface area (Å²) in [5, 5.41) is 3.35. The van der Waals surface area contributed by atoms with Gasteiger partial charge in [-0.3, -0.25) is 4.79 Å². The second-order valence-corrected chi connectivity index (χ2v) is 3.99. The second kappa shape index (κ2) is 4.35. The summed E-state index contributed by atoms with van der Waals surface area (Å²) in [6, 6.07) is 7.80. The normalized spacial score (nSPS) is 10.5. The first kappa shape index (κ1) is 10.0. The molecule has 1 aromatic heterocycles. The number of aromatic nitrogens is 2. The molecule has 0 saturated heterocycles. The summed E-state index contributed by atoms with van der Waals surface area (Å²) in [5.41, 5.74) is 1.92. The van der Waals surface area contributed by atoms with Gasteiger partial charge >= 0.3 is 0 Å². The molecule has 5 heteroatoms. The summed E-state index contributed by atoms with van der Waals surface area (Å²) in [6.45, 7) is 0. The zero-order valence-corrected chi connectivity index (χ0v) is 9.10. The fraction of sp³-hybridized carbons (Fsp3) is 0.200. The maximum Gasteiger partial charge on any atom is 0.230 e. The summed E-state index contributed by atoms with van der Waals surface area (Å²) in [6.07, 6.45) is 0. The highest BCUT2D eigenvalue weighted by Crippen LogP contribution is 2.18. The van der Waals surface area contributed by atoms with Gasteiger partial charge in [0.1, 0.15) is 0 Å². The van der Waals surface area contributed by atoms with E-state index in [9.17, 15) is 4.79 Å². The molecule has 2 rings (SSSR count). The minimum Gasteiger partial charge on any atom is -0.358 e. The van der Waals surface area contributed by atoms with Gasteiger partial charge in [0.25, 0.3) is 0 Å². The molecule has 78 valence electrons. The fourth-order valence-corrected chi connectivity index (χ4v) is 1.96. The molecule has 0 unspecified atom stereocenters. The lowest BCUT2D eigenvalue weighted by Crippen LogP contribution is -2.19. The van der Waals surface area contributed by atoms with Crippen molar-refractivity contribution in [2.45, 2.75) is 5.16 Å². The highest BCUT2D eigenvalue weighted by atomic mass is 32.2. The topological polar surface area (TPSA) is 57.8 Å². The molecule has 0 spiro atoms. The third kappa shape index (κ3) is 2.30. The van der Waals surface area contributed by atoms with Gasteiger partial charge in [0, 0.05) is 7.05 Å². The van der Waals surface area contributed by atoms with E-state index in [-0.39, 0.29) is 5.91 Å². The van der Waals surface area contributed by atoms with Crippen molar-refractivity contribution in [2.75, 3.05) is 12.8 Å². The Morgan fingerprint density at radius 3 is 3.07 bits per heavy atom. The monoisotopic (exact) mass is 221 g/mol. The second-order valence-electron chi connectivity index (χ2n) is 3.02. The number of imidazole rings is 1. The summed E-state index contributed by atoms with van der Waals surface area (Å²) < 4.78 is 0. The van der Waals surface area contributed by atoms with Crippen molar-refractivity contribution in [1.82, 2.24) is 15.3 Å². The van der Waals surface area contributed by atoms with Crippen LogP contribution in [0.3, 0.4) is 0 Å². The van der Waals surface area contributed by atoms with Crippen LogP contribution in [0.4, 0.5) is 0 Å². The van der Waals surface area contributed by atoms with Crippen LogP contribution in [0.1, 0.15) is 0 Å². The molecule has 2 N–H and O–H groups in total. The van der Waals surface area contributed by atoms with Crippen LogP contribution in [0, 0.1) is 0 Å². The van der Waals surface area contributed by atoms with Gasteiger partial charge in [0.05, 0.1) is 16.8 Å². The molecule has 0 aliphatic carbocycles. The van der Waals surface area contributed by atoms with Crippen LogP contribution >= 0.6 is 11.8 Å². The third-order valence-electron chi connectivity index (χ3n) is 1.99. The molecule has 1 heterocycles. The zero-order chi connectivity index (χ0) is 10.7. The molecule has 0 atom stereocenters. The Bertz CT molecular complexity index is 447. The predicted octanol–water partition coefficient (Wildman–Crippen LogP) is 1.40. The highest BCUT2D eigenvalue weighted by molar-refractivity contribution is 7.99. The Morgan fingerprint density at radius 1 is 1.53 bits per heavy atom. The van der Waals surface area contributed by atoms with Crippen LogP contribution in [0.25, 0.3) is 11.0 Å². The minimum atomic E-state index is 0.000422. The number of thioether (sulfide) groups is 1. The molecule has 0 aliphatic rings. The van der Waals surface area contributed by atoms with Crippen molar-refractivity contribution in [2.24, 2.45) is 0 Å². The van der Waals surface area contributed by atoms with E-state index in [0.29, 0.717) is 5.75 Å². The molecule has 1 amide bonds. The number of carbonyl (C=O) groups excluding carboxylic acids is 1. The number of hydrogen-bond donors (Lipinski definition) is 2. The number of aromatic amines is 1. The number of nitrogens with zero attached hydrogens (tertiary/aromatic N) is 1. The molecule has 0 saturated carbocycles. The predicted molar refractivity (Wildman–Crippen MR) is 60.9 cm³/mol. The maximum absolute atomic E-state index is 11.0. The lowest BCUT2D eigenvalue weighted by molar-refractivity contribution is -0.118. The van der Waals surface area contributed by atoms with Gasteiger partial charge in [-0.05, 0) is 12.1 Å². The number of fused-ring (bicyclic) bond motifs is 1. The average molecular weight is 221 g/mol. The Balaban J connectivity index is 2.12. The maximum atomic E-state index is 11.0. The highest BCUT2D eigenvalue weighted by Gasteiger charge is 2.04. The molecular weight excluding hydrogens is 210 g/mol. The fourth-order valence-electron chi connectivity index (χ4n) is 1.20. The standard InChI is InChI=1S/C10H11N3OS/c1-11-9(14)6-15-10-12-7-4-2-3-5-8(7)13-10/h2-5H,6H2,1H3,(H,11,14)(H,12,13). The quantitative estimate of drug-likeness (QED) is 0.770. The number of para-hydroxylation sites is 2. The smallest absolute Gasteiger partial charge is 0.230 e. The van der Waals surface area contributed by atoms with E-state index >= 15 is 0 Å². The first-order chi connectivity index (χ1) is 7.29. The van der Waals surface area contributed by atoms with E-state index in [0.717, 1.165) is 16.2 Å². The Labute approximate surface area is 91.5 Å². The number of nitrogens with one attached hydrogen (secondary N) is 2. The number of amides is 1. The number of H-pyrrole nitrogens is 1. The van der Waals surface area contributed by atoms with Crippen LogP contribution in [-0.4, -0.2) is 28.7 Å². The summed E-state index contributed by atoms with van der Waals surface area (Å²) in [5.74, 6) is 0.386. The first-order valence-electron chi connectivity index (χ1n) is 4.58. The number of rotatable bonds is 3. The number of carbonyl (C=O) groups is 1. The molecule has 4 nitrogen and oxygen atoms in total. The van der Waals surface area contributed by atoms with Gasteiger partial charge in [-0.25, -0.2) is 4.98 Å². The van der Waals surface area contributed by atoms with E-state index in [1.807, 2.05) is 24.3 Å². The Kier molecular flexibility index (Phi) is 2.91. The van der Waals surface area contributed by atoms with E-state index in [4.69, 9.17) is 0 Å². The van der Waals surface area contributed by atoms with Crippen molar-refractivity contribution in [3.8, 4) is 0 Å². The van der Waals surface area contributed by atoms with Crippen LogP contribution in [0.5, 0.6) is 0 Å². The first-order valence-corrected chi connectivity index (χ1v) is 5.56. The molecule has 0 radical (unpaired) electrons. The Morgan fingerprint density at radius 2 is 2.33 bits per heavy atom. The van der Waals surface area contributed by atoms with Crippen molar-refractivity contribution in [3.05, 3.63) is 24.3 Å². The van der Waals surface area contributed by atoms with Crippen LogP contribution < -0.4 is 5.32 Å². The SMILES string of the molecule is CNC(=O)CSc1nc2ccccc2[nH]1. The molecule has 0 bridgehead atoms. The molecule has 2 aromatic rings. The van der Waals surface area contributed by atoms with Gasteiger partial charge in [-0.1, -0.05) is 23.9 Å². The Hall–Kier alpha value is -1.49. The lowest BCUT2D eigenvalue weighted by atomic mass is 10.3. The lowest BCUT2D eigenvalue weighted by Gasteiger charge is -1.95. The molecule has 0 aliphatic heterocycles. The number of benzene rings is 1. The van der Waals surface area contributed by atoms with Gasteiger partial charge < -0.3 is 10.3 Å². The third-order valence-corrected chi connectivity index (χ3v) is 2.86. The average Bonchev–Trinajstić information content (AvgIpc) is 2.68. The largest absolute Gasteiger partial charge is 0.358 e. The van der Waals surface area contributed by atoms with Crippen molar-refractivity contribution in [3.63, 3.8) is 0 Å². The van der Waals surface area contributed by atoms with Crippen LogP contribution in [0.15, 0.2) is 29.4 Å². The van der Waals surface area contributed by atoms with Crippen molar-refractivity contribution in [1.29, 1.82) is 0 Å².